The SMILES string of the molecule is Cc1nn(-c2ccccc2)nc1C(=O)OCC(=O)N[C@@H](C)c1cccc(Cl)c1. The van der Waals surface area contributed by atoms with Crippen LogP contribution in [0.15, 0.2) is 54.6 Å². The highest BCUT2D eigenvalue weighted by atomic mass is 35.5. The molecule has 0 unspecified atom stereocenters. The van der Waals surface area contributed by atoms with Gasteiger partial charge in [-0.2, -0.15) is 9.90 Å². The first kappa shape index (κ1) is 19.6. The number of benzene rings is 2. The normalized spacial score (nSPS) is 11.7. The smallest absolute Gasteiger partial charge is 0.361 e. The van der Waals surface area contributed by atoms with Crippen LogP contribution in [-0.4, -0.2) is 33.5 Å². The van der Waals surface area contributed by atoms with Gasteiger partial charge in [-0.1, -0.05) is 41.9 Å². The summed E-state index contributed by atoms with van der Waals surface area (Å²) >= 11 is 5.96. The van der Waals surface area contributed by atoms with Crippen molar-refractivity contribution in [1.29, 1.82) is 0 Å². The Morgan fingerprint density at radius 2 is 1.89 bits per heavy atom. The van der Waals surface area contributed by atoms with E-state index >= 15 is 0 Å². The summed E-state index contributed by atoms with van der Waals surface area (Å²) < 4.78 is 5.09. The van der Waals surface area contributed by atoms with Gasteiger partial charge in [0.2, 0.25) is 0 Å². The Morgan fingerprint density at radius 3 is 2.61 bits per heavy atom. The average Bonchev–Trinajstić information content (AvgIpc) is 3.08. The second-order valence-electron chi connectivity index (χ2n) is 6.18. The van der Waals surface area contributed by atoms with E-state index in [9.17, 15) is 9.59 Å². The number of nitrogens with one attached hydrogen (secondary N) is 1. The molecule has 0 bridgehead atoms. The fourth-order valence-electron chi connectivity index (χ4n) is 2.59. The third-order valence-corrected chi connectivity index (χ3v) is 4.26. The first-order valence-electron chi connectivity index (χ1n) is 8.65. The number of hydrogen-bond donors (Lipinski definition) is 1. The molecule has 0 saturated heterocycles. The number of hydrogen-bond acceptors (Lipinski definition) is 5. The molecule has 2 aromatic carbocycles. The fourth-order valence-corrected chi connectivity index (χ4v) is 2.78. The number of carbonyl (C=O) groups excluding carboxylic acids is 2. The topological polar surface area (TPSA) is 86.1 Å². The second kappa shape index (κ2) is 8.67. The molecule has 7 nitrogen and oxygen atoms in total. The zero-order chi connectivity index (χ0) is 20.1. The van der Waals surface area contributed by atoms with Crippen molar-refractivity contribution < 1.29 is 14.3 Å². The third kappa shape index (κ3) is 4.75. The van der Waals surface area contributed by atoms with Crippen molar-refractivity contribution in [1.82, 2.24) is 20.3 Å². The summed E-state index contributed by atoms with van der Waals surface area (Å²) in [6, 6.07) is 16.1. The standard InChI is InChI=1S/C20H19ClN4O3/c1-13(15-7-6-8-16(21)11-15)22-18(26)12-28-20(27)19-14(2)23-25(24-19)17-9-4-3-5-10-17/h3-11,13H,12H2,1-2H3,(H,22,26)/t13-/m0/s1. The van der Waals surface area contributed by atoms with E-state index in [0.717, 1.165) is 11.3 Å². The Kier molecular flexibility index (Phi) is 6.06. The van der Waals surface area contributed by atoms with Crippen LogP contribution in [0.1, 0.15) is 34.7 Å². The Hall–Kier alpha value is -3.19. The van der Waals surface area contributed by atoms with E-state index in [2.05, 4.69) is 15.5 Å². The molecule has 0 aliphatic rings. The van der Waals surface area contributed by atoms with Crippen molar-refractivity contribution >= 4 is 23.5 Å². The number of esters is 1. The predicted octanol–water partition coefficient (Wildman–Crippen LogP) is 3.26. The maximum atomic E-state index is 12.3. The maximum Gasteiger partial charge on any atom is 0.361 e. The van der Waals surface area contributed by atoms with E-state index in [4.69, 9.17) is 16.3 Å². The molecular formula is C20H19ClN4O3. The molecule has 3 rings (SSSR count). The van der Waals surface area contributed by atoms with Gasteiger partial charge >= 0.3 is 5.97 Å². The highest BCUT2D eigenvalue weighted by Gasteiger charge is 2.19. The molecule has 144 valence electrons. The van der Waals surface area contributed by atoms with E-state index < -0.39 is 18.5 Å². The van der Waals surface area contributed by atoms with Crippen molar-refractivity contribution in [3.8, 4) is 5.69 Å². The highest BCUT2D eigenvalue weighted by Crippen LogP contribution is 2.17. The van der Waals surface area contributed by atoms with Crippen LogP contribution in [0.2, 0.25) is 5.02 Å². The minimum Gasteiger partial charge on any atom is -0.451 e. The van der Waals surface area contributed by atoms with Crippen LogP contribution in [0, 0.1) is 6.92 Å². The number of nitrogens with zero attached hydrogens (tertiary/aromatic N) is 3. The number of rotatable bonds is 6. The van der Waals surface area contributed by atoms with Gasteiger partial charge in [-0.3, -0.25) is 4.79 Å². The monoisotopic (exact) mass is 398 g/mol. The average molecular weight is 399 g/mol. The lowest BCUT2D eigenvalue weighted by molar-refractivity contribution is -0.124. The molecule has 1 aromatic heterocycles. The number of ether oxygens (including phenoxy) is 1. The molecule has 0 spiro atoms. The van der Waals surface area contributed by atoms with Crippen LogP contribution in [0.25, 0.3) is 5.69 Å². The molecule has 28 heavy (non-hydrogen) atoms. The fraction of sp³-hybridized carbons (Fsp3) is 0.200. The van der Waals surface area contributed by atoms with Gasteiger partial charge in [0.05, 0.1) is 17.4 Å². The van der Waals surface area contributed by atoms with Gasteiger partial charge < -0.3 is 10.1 Å². The summed E-state index contributed by atoms with van der Waals surface area (Å²) in [6.07, 6.45) is 0. The molecule has 1 atom stereocenters. The maximum absolute atomic E-state index is 12.3. The second-order valence-corrected chi connectivity index (χ2v) is 6.62. The molecule has 0 aliphatic heterocycles. The largest absolute Gasteiger partial charge is 0.451 e. The molecule has 0 fully saturated rings. The van der Waals surface area contributed by atoms with Crippen molar-refractivity contribution in [2.45, 2.75) is 19.9 Å². The number of para-hydroxylation sites is 1. The van der Waals surface area contributed by atoms with Gasteiger partial charge in [-0.15, -0.1) is 5.10 Å². The lowest BCUT2D eigenvalue weighted by Gasteiger charge is -2.14. The molecule has 1 amide bonds. The van der Waals surface area contributed by atoms with E-state index in [-0.39, 0.29) is 11.7 Å². The molecule has 1 N–H and O–H groups in total. The number of aryl methyl sites for hydroxylation is 1. The molecule has 8 heteroatoms. The first-order valence-corrected chi connectivity index (χ1v) is 9.03. The van der Waals surface area contributed by atoms with Crippen LogP contribution < -0.4 is 5.32 Å². The van der Waals surface area contributed by atoms with Gasteiger partial charge in [0, 0.05) is 5.02 Å². The summed E-state index contributed by atoms with van der Waals surface area (Å²) in [4.78, 5) is 25.7. The van der Waals surface area contributed by atoms with Gasteiger partial charge in [0.25, 0.3) is 5.91 Å². The Labute approximate surface area is 167 Å². The molecular weight excluding hydrogens is 380 g/mol. The molecule has 0 aliphatic carbocycles. The van der Waals surface area contributed by atoms with Gasteiger partial charge in [-0.05, 0) is 43.7 Å². The lowest BCUT2D eigenvalue weighted by Crippen LogP contribution is -2.31. The minimum absolute atomic E-state index is 0.0690. The minimum atomic E-state index is -0.703. The van der Waals surface area contributed by atoms with Crippen LogP contribution in [0.3, 0.4) is 0 Å². The number of halogens is 1. The van der Waals surface area contributed by atoms with Crippen molar-refractivity contribution in [2.75, 3.05) is 6.61 Å². The third-order valence-electron chi connectivity index (χ3n) is 4.02. The molecule has 3 aromatic rings. The zero-order valence-corrected chi connectivity index (χ0v) is 16.2. The molecule has 1 heterocycles. The summed E-state index contributed by atoms with van der Waals surface area (Å²) in [5, 5.41) is 11.7. The lowest BCUT2D eigenvalue weighted by atomic mass is 10.1. The van der Waals surface area contributed by atoms with Crippen LogP contribution in [0.4, 0.5) is 0 Å². The number of carbonyl (C=O) groups is 2. The summed E-state index contributed by atoms with van der Waals surface area (Å²) in [5.41, 5.74) is 2.06. The van der Waals surface area contributed by atoms with E-state index in [1.807, 2.05) is 43.3 Å². The van der Waals surface area contributed by atoms with Crippen LogP contribution in [0.5, 0.6) is 0 Å². The van der Waals surface area contributed by atoms with Gasteiger partial charge in [0.15, 0.2) is 12.3 Å². The molecule has 0 radical (unpaired) electrons. The Balaban J connectivity index is 1.58. The Morgan fingerprint density at radius 1 is 1.14 bits per heavy atom. The Bertz CT molecular complexity index is 988. The summed E-state index contributed by atoms with van der Waals surface area (Å²) in [7, 11) is 0. The van der Waals surface area contributed by atoms with Gasteiger partial charge in [-0.25, -0.2) is 4.79 Å². The van der Waals surface area contributed by atoms with Gasteiger partial charge in [0.1, 0.15) is 0 Å². The predicted molar refractivity (Wildman–Crippen MR) is 104 cm³/mol. The van der Waals surface area contributed by atoms with Crippen LogP contribution >= 0.6 is 11.6 Å². The van der Waals surface area contributed by atoms with E-state index in [1.54, 1.807) is 25.1 Å². The number of amides is 1. The van der Waals surface area contributed by atoms with Crippen molar-refractivity contribution in [3.63, 3.8) is 0 Å². The quantitative estimate of drug-likeness (QED) is 0.644. The van der Waals surface area contributed by atoms with Crippen LogP contribution in [-0.2, 0) is 9.53 Å². The van der Waals surface area contributed by atoms with Crippen molar-refractivity contribution in [3.05, 3.63) is 76.6 Å². The van der Waals surface area contributed by atoms with E-state index in [0.29, 0.717) is 10.7 Å². The van der Waals surface area contributed by atoms with E-state index in [1.165, 1.54) is 4.80 Å². The number of aromatic nitrogens is 3. The zero-order valence-electron chi connectivity index (χ0n) is 15.4. The first-order chi connectivity index (χ1) is 13.4. The summed E-state index contributed by atoms with van der Waals surface area (Å²) in [6.45, 7) is 3.06. The molecule has 0 saturated carbocycles. The van der Waals surface area contributed by atoms with Crippen molar-refractivity contribution in [2.24, 2.45) is 0 Å². The summed E-state index contributed by atoms with van der Waals surface area (Å²) in [5.74, 6) is -1.13. The highest BCUT2D eigenvalue weighted by molar-refractivity contribution is 6.30.